The first kappa shape index (κ1) is 15.9. The molecule has 18 heavy (non-hydrogen) atoms. The van der Waals surface area contributed by atoms with Gasteiger partial charge in [-0.15, -0.1) is 0 Å². The maximum absolute atomic E-state index is 5.57. The van der Waals surface area contributed by atoms with Crippen molar-refractivity contribution >= 4 is 28.6 Å². The Hall–Kier alpha value is -0.190. The van der Waals surface area contributed by atoms with Gasteiger partial charge in [0.15, 0.2) is 0 Å². The fraction of sp³-hybridized carbons (Fsp3) is 0.571. The third-order valence-corrected chi connectivity index (χ3v) is 4.81. The lowest BCUT2D eigenvalue weighted by atomic mass is 9.99. The fourth-order valence-corrected chi connectivity index (χ4v) is 2.75. The van der Waals surface area contributed by atoms with Gasteiger partial charge in [-0.05, 0) is 56.2 Å². The first-order valence-corrected chi connectivity index (χ1v) is 7.60. The summed E-state index contributed by atoms with van der Waals surface area (Å²) in [4.78, 5) is 0. The Morgan fingerprint density at radius 1 is 1.17 bits per heavy atom. The van der Waals surface area contributed by atoms with Crippen molar-refractivity contribution in [3.63, 3.8) is 0 Å². The Labute approximate surface area is 124 Å². The van der Waals surface area contributed by atoms with Gasteiger partial charge in [0.25, 0.3) is 0 Å². The average molecular weight is 332 g/mol. The van der Waals surface area contributed by atoms with Crippen LogP contribution >= 0.6 is 28.6 Å². The van der Waals surface area contributed by atoms with E-state index in [1.165, 1.54) is 26.7 Å². The molecule has 0 fully saturated rings. The molecule has 0 unspecified atom stereocenters. The van der Waals surface area contributed by atoms with Gasteiger partial charge in [-0.25, -0.2) is 0 Å². The number of rotatable bonds is 6. The lowest BCUT2D eigenvalue weighted by Gasteiger charge is -2.19. The number of thiol groups is 1. The minimum atomic E-state index is 0.836. The van der Waals surface area contributed by atoms with Crippen LogP contribution in [0.5, 0.6) is 5.75 Å². The molecule has 0 aliphatic carbocycles. The molecule has 0 saturated carbocycles. The zero-order chi connectivity index (χ0) is 13.7. The van der Waals surface area contributed by atoms with E-state index in [9.17, 15) is 0 Å². The van der Waals surface area contributed by atoms with E-state index in [0.29, 0.717) is 0 Å². The monoisotopic (exact) mass is 331 g/mol. The third kappa shape index (κ3) is 3.43. The summed E-state index contributed by atoms with van der Waals surface area (Å²) >= 11 is 7.88. The average Bonchev–Trinajstić information content (AvgIpc) is 2.38. The van der Waals surface area contributed by atoms with Crippen molar-refractivity contribution in [3.05, 3.63) is 26.7 Å². The molecule has 0 heterocycles. The molecule has 0 radical (unpaired) electrons. The number of benzene rings is 1. The standard InChI is InChI=1S/C14H22BrNOS/c1-9-10(2)14(17-4)12(11(3)13(9)15)8-16-6-5-7-18/h16,18H,5-8H2,1-4H3. The van der Waals surface area contributed by atoms with Crippen LogP contribution in [0, 0.1) is 20.8 Å². The highest BCUT2D eigenvalue weighted by atomic mass is 79.9. The van der Waals surface area contributed by atoms with Crippen molar-refractivity contribution in [1.29, 1.82) is 0 Å². The fourth-order valence-electron chi connectivity index (χ4n) is 2.05. The highest BCUT2D eigenvalue weighted by Crippen LogP contribution is 2.35. The van der Waals surface area contributed by atoms with Gasteiger partial charge in [0.2, 0.25) is 0 Å². The molecule has 0 aromatic heterocycles. The van der Waals surface area contributed by atoms with E-state index >= 15 is 0 Å². The van der Waals surface area contributed by atoms with Crippen LogP contribution in [0.2, 0.25) is 0 Å². The number of halogens is 1. The zero-order valence-electron chi connectivity index (χ0n) is 11.6. The van der Waals surface area contributed by atoms with Gasteiger partial charge in [-0.2, -0.15) is 12.6 Å². The zero-order valence-corrected chi connectivity index (χ0v) is 14.0. The normalized spacial score (nSPS) is 10.8. The first-order valence-electron chi connectivity index (χ1n) is 6.18. The number of hydrogen-bond donors (Lipinski definition) is 2. The van der Waals surface area contributed by atoms with E-state index in [1.54, 1.807) is 7.11 Å². The Kier molecular flexibility index (Phi) is 6.53. The molecule has 0 spiro atoms. The summed E-state index contributed by atoms with van der Waals surface area (Å²) < 4.78 is 6.76. The van der Waals surface area contributed by atoms with Crippen LogP contribution in [0.3, 0.4) is 0 Å². The third-order valence-electron chi connectivity index (χ3n) is 3.31. The lowest BCUT2D eigenvalue weighted by molar-refractivity contribution is 0.403. The number of hydrogen-bond acceptors (Lipinski definition) is 3. The van der Waals surface area contributed by atoms with Crippen LogP contribution in [0.25, 0.3) is 0 Å². The van der Waals surface area contributed by atoms with Crippen LogP contribution in [-0.2, 0) is 6.54 Å². The highest BCUT2D eigenvalue weighted by Gasteiger charge is 2.16. The largest absolute Gasteiger partial charge is 0.496 e. The summed E-state index contributed by atoms with van der Waals surface area (Å²) in [6.07, 6.45) is 1.08. The second kappa shape index (κ2) is 7.41. The van der Waals surface area contributed by atoms with Crippen molar-refractivity contribution in [3.8, 4) is 5.75 Å². The first-order chi connectivity index (χ1) is 8.54. The van der Waals surface area contributed by atoms with Crippen molar-refractivity contribution in [2.45, 2.75) is 33.7 Å². The van der Waals surface area contributed by atoms with Crippen LogP contribution in [0.1, 0.15) is 28.7 Å². The SMILES string of the molecule is COc1c(C)c(C)c(Br)c(C)c1CNCCCS. The Balaban J connectivity index is 3.01. The molecule has 4 heteroatoms. The summed E-state index contributed by atoms with van der Waals surface area (Å²) in [5, 5.41) is 3.44. The smallest absolute Gasteiger partial charge is 0.126 e. The molecular weight excluding hydrogens is 310 g/mol. The van der Waals surface area contributed by atoms with E-state index in [2.05, 4.69) is 54.6 Å². The van der Waals surface area contributed by atoms with Gasteiger partial charge in [-0.3, -0.25) is 0 Å². The maximum atomic E-state index is 5.57. The molecular formula is C14H22BrNOS. The molecule has 0 saturated heterocycles. The van der Waals surface area contributed by atoms with E-state index in [0.717, 1.165) is 31.0 Å². The van der Waals surface area contributed by atoms with Crippen molar-refractivity contribution in [1.82, 2.24) is 5.32 Å². The summed E-state index contributed by atoms with van der Waals surface area (Å²) in [5.74, 6) is 1.92. The van der Waals surface area contributed by atoms with Gasteiger partial charge in [0.1, 0.15) is 5.75 Å². The molecule has 0 bridgehead atoms. The lowest BCUT2D eigenvalue weighted by Crippen LogP contribution is -2.17. The maximum Gasteiger partial charge on any atom is 0.126 e. The van der Waals surface area contributed by atoms with Crippen LogP contribution < -0.4 is 10.1 Å². The molecule has 0 aliphatic heterocycles. The minimum Gasteiger partial charge on any atom is -0.496 e. The van der Waals surface area contributed by atoms with E-state index in [-0.39, 0.29) is 0 Å². The predicted molar refractivity (Wildman–Crippen MR) is 85.1 cm³/mol. The molecule has 1 N–H and O–H groups in total. The van der Waals surface area contributed by atoms with Crippen LogP contribution in [-0.4, -0.2) is 19.4 Å². The quantitative estimate of drug-likeness (QED) is 0.611. The second-order valence-electron chi connectivity index (χ2n) is 4.45. The molecule has 0 atom stereocenters. The van der Waals surface area contributed by atoms with Gasteiger partial charge in [-0.1, -0.05) is 15.9 Å². The van der Waals surface area contributed by atoms with Gasteiger partial charge < -0.3 is 10.1 Å². The van der Waals surface area contributed by atoms with E-state index < -0.39 is 0 Å². The molecule has 0 aliphatic rings. The molecule has 102 valence electrons. The molecule has 1 aromatic rings. The molecule has 1 aromatic carbocycles. The Morgan fingerprint density at radius 3 is 2.39 bits per heavy atom. The molecule has 1 rings (SSSR count). The van der Waals surface area contributed by atoms with Gasteiger partial charge >= 0.3 is 0 Å². The minimum absolute atomic E-state index is 0.836. The number of nitrogens with one attached hydrogen (secondary N) is 1. The summed E-state index contributed by atoms with van der Waals surface area (Å²) in [5.41, 5.74) is 4.96. The van der Waals surface area contributed by atoms with Gasteiger partial charge in [0.05, 0.1) is 7.11 Å². The van der Waals surface area contributed by atoms with E-state index in [4.69, 9.17) is 4.74 Å². The van der Waals surface area contributed by atoms with E-state index in [1.807, 2.05) is 0 Å². The summed E-state index contributed by atoms with van der Waals surface area (Å²) in [6.45, 7) is 8.18. The topological polar surface area (TPSA) is 21.3 Å². The van der Waals surface area contributed by atoms with Crippen molar-refractivity contribution in [2.75, 3.05) is 19.4 Å². The summed E-state index contributed by atoms with van der Waals surface area (Å²) in [6, 6.07) is 0. The molecule has 0 amide bonds. The van der Waals surface area contributed by atoms with Crippen molar-refractivity contribution < 1.29 is 4.74 Å². The Bertz CT molecular complexity index is 421. The van der Waals surface area contributed by atoms with Crippen molar-refractivity contribution in [2.24, 2.45) is 0 Å². The van der Waals surface area contributed by atoms with Crippen LogP contribution in [0.15, 0.2) is 4.47 Å². The molecule has 2 nitrogen and oxygen atoms in total. The predicted octanol–water partition coefficient (Wildman–Crippen LogP) is 3.79. The number of ether oxygens (including phenoxy) is 1. The number of methoxy groups -OCH3 is 1. The van der Waals surface area contributed by atoms with Gasteiger partial charge in [0, 0.05) is 16.6 Å². The summed E-state index contributed by atoms with van der Waals surface area (Å²) in [7, 11) is 1.74. The Morgan fingerprint density at radius 2 is 1.83 bits per heavy atom. The van der Waals surface area contributed by atoms with Crippen LogP contribution in [0.4, 0.5) is 0 Å². The second-order valence-corrected chi connectivity index (χ2v) is 5.69. The highest BCUT2D eigenvalue weighted by molar-refractivity contribution is 9.10.